The van der Waals surface area contributed by atoms with Crippen LogP contribution in [0.3, 0.4) is 0 Å². The number of hydrogen-bond acceptors (Lipinski definition) is 3. The van der Waals surface area contributed by atoms with Gasteiger partial charge in [0.25, 0.3) is 5.91 Å². The standard InChI is InChI=1S/C17H27N3O/c1-5-20(13(2)12-19(3)4)17(21)15-7-6-14-8-9-18-11-16(14)10-15/h6-7,10,13,18H,5,8-9,11-12H2,1-4H3. The Bertz CT molecular complexity index is 499. The average molecular weight is 289 g/mol. The summed E-state index contributed by atoms with van der Waals surface area (Å²) in [6, 6.07) is 6.38. The molecule has 1 aromatic rings. The van der Waals surface area contributed by atoms with Gasteiger partial charge in [0.05, 0.1) is 0 Å². The van der Waals surface area contributed by atoms with Gasteiger partial charge in [-0.05, 0) is 64.2 Å². The number of carbonyl (C=O) groups is 1. The largest absolute Gasteiger partial charge is 0.335 e. The zero-order chi connectivity index (χ0) is 15.4. The molecule has 1 amide bonds. The lowest BCUT2D eigenvalue weighted by atomic mass is 9.98. The maximum absolute atomic E-state index is 12.8. The number of hydrogen-bond donors (Lipinski definition) is 1. The van der Waals surface area contributed by atoms with Crippen LogP contribution in [0.5, 0.6) is 0 Å². The van der Waals surface area contributed by atoms with Crippen molar-refractivity contribution in [1.82, 2.24) is 15.1 Å². The molecule has 0 aromatic heterocycles. The van der Waals surface area contributed by atoms with E-state index < -0.39 is 0 Å². The van der Waals surface area contributed by atoms with Crippen LogP contribution in [0.4, 0.5) is 0 Å². The number of benzene rings is 1. The highest BCUT2D eigenvalue weighted by Gasteiger charge is 2.21. The molecule has 0 saturated heterocycles. The first-order valence-electron chi connectivity index (χ1n) is 7.81. The van der Waals surface area contributed by atoms with Crippen LogP contribution in [-0.2, 0) is 13.0 Å². The van der Waals surface area contributed by atoms with Crippen LogP contribution in [-0.4, -0.2) is 55.5 Å². The van der Waals surface area contributed by atoms with Gasteiger partial charge in [-0.15, -0.1) is 0 Å². The molecule has 4 heteroatoms. The molecular formula is C17H27N3O. The zero-order valence-corrected chi connectivity index (χ0v) is 13.6. The molecule has 1 unspecified atom stereocenters. The predicted molar refractivity (Wildman–Crippen MR) is 86.6 cm³/mol. The molecule has 1 N–H and O–H groups in total. The van der Waals surface area contributed by atoms with Crippen molar-refractivity contribution in [2.75, 3.05) is 33.7 Å². The van der Waals surface area contributed by atoms with Gasteiger partial charge >= 0.3 is 0 Å². The van der Waals surface area contributed by atoms with Crippen molar-refractivity contribution in [3.8, 4) is 0 Å². The molecule has 1 aliphatic heterocycles. The Hall–Kier alpha value is -1.39. The van der Waals surface area contributed by atoms with Crippen LogP contribution in [0.25, 0.3) is 0 Å². The molecular weight excluding hydrogens is 262 g/mol. The van der Waals surface area contributed by atoms with E-state index in [1.54, 1.807) is 0 Å². The van der Waals surface area contributed by atoms with Crippen LogP contribution in [0.15, 0.2) is 18.2 Å². The average Bonchev–Trinajstić information content (AvgIpc) is 2.46. The summed E-state index contributed by atoms with van der Waals surface area (Å²) in [5.41, 5.74) is 3.45. The summed E-state index contributed by atoms with van der Waals surface area (Å²) < 4.78 is 0. The van der Waals surface area contributed by atoms with Gasteiger partial charge < -0.3 is 15.1 Å². The third-order valence-corrected chi connectivity index (χ3v) is 4.10. The fraction of sp³-hybridized carbons (Fsp3) is 0.588. The van der Waals surface area contributed by atoms with E-state index in [1.807, 2.05) is 32.0 Å². The maximum Gasteiger partial charge on any atom is 0.254 e. The molecule has 116 valence electrons. The Morgan fingerprint density at radius 2 is 2.10 bits per heavy atom. The molecule has 1 aromatic carbocycles. The zero-order valence-electron chi connectivity index (χ0n) is 13.6. The SMILES string of the molecule is CCN(C(=O)c1ccc2c(c1)CNCC2)C(C)CN(C)C. The Morgan fingerprint density at radius 3 is 2.76 bits per heavy atom. The fourth-order valence-corrected chi connectivity index (χ4v) is 3.06. The predicted octanol–water partition coefficient (Wildman–Crippen LogP) is 1.74. The number of amides is 1. The second-order valence-corrected chi connectivity index (χ2v) is 6.11. The summed E-state index contributed by atoms with van der Waals surface area (Å²) in [4.78, 5) is 16.9. The molecule has 21 heavy (non-hydrogen) atoms. The Balaban J connectivity index is 2.17. The van der Waals surface area contributed by atoms with E-state index in [-0.39, 0.29) is 11.9 Å². The Kier molecular flexibility index (Phi) is 5.37. The smallest absolute Gasteiger partial charge is 0.254 e. The van der Waals surface area contributed by atoms with Gasteiger partial charge in [0.2, 0.25) is 0 Å². The van der Waals surface area contributed by atoms with E-state index in [9.17, 15) is 4.79 Å². The number of carbonyl (C=O) groups excluding carboxylic acids is 1. The summed E-state index contributed by atoms with van der Waals surface area (Å²) in [6.45, 7) is 7.68. The van der Waals surface area contributed by atoms with Crippen LogP contribution < -0.4 is 5.32 Å². The number of nitrogens with zero attached hydrogens (tertiary/aromatic N) is 2. The van der Waals surface area contributed by atoms with Gasteiger partial charge in [-0.25, -0.2) is 0 Å². The first-order valence-corrected chi connectivity index (χ1v) is 7.81. The molecule has 0 radical (unpaired) electrons. The molecule has 4 nitrogen and oxygen atoms in total. The summed E-state index contributed by atoms with van der Waals surface area (Å²) in [7, 11) is 4.08. The van der Waals surface area contributed by atoms with Crippen molar-refractivity contribution in [2.45, 2.75) is 32.9 Å². The minimum Gasteiger partial charge on any atom is -0.335 e. The third-order valence-electron chi connectivity index (χ3n) is 4.10. The molecule has 1 aliphatic rings. The fourth-order valence-electron chi connectivity index (χ4n) is 3.06. The van der Waals surface area contributed by atoms with Gasteiger partial charge in [0.15, 0.2) is 0 Å². The van der Waals surface area contributed by atoms with Crippen molar-refractivity contribution in [2.24, 2.45) is 0 Å². The minimum atomic E-state index is 0.139. The number of rotatable bonds is 5. The van der Waals surface area contributed by atoms with E-state index in [0.717, 1.165) is 38.2 Å². The molecule has 0 bridgehead atoms. The minimum absolute atomic E-state index is 0.139. The normalized spacial score (nSPS) is 15.7. The molecule has 2 rings (SSSR count). The van der Waals surface area contributed by atoms with Crippen LogP contribution in [0.1, 0.15) is 35.3 Å². The molecule has 0 fully saturated rings. The highest BCUT2D eigenvalue weighted by Crippen LogP contribution is 2.18. The second-order valence-electron chi connectivity index (χ2n) is 6.11. The first-order chi connectivity index (χ1) is 10.0. The molecule has 0 spiro atoms. The van der Waals surface area contributed by atoms with E-state index in [2.05, 4.69) is 29.3 Å². The van der Waals surface area contributed by atoms with E-state index in [1.165, 1.54) is 11.1 Å². The van der Waals surface area contributed by atoms with Crippen molar-refractivity contribution in [3.05, 3.63) is 34.9 Å². The first kappa shape index (κ1) is 16.0. The van der Waals surface area contributed by atoms with E-state index in [4.69, 9.17) is 0 Å². The van der Waals surface area contributed by atoms with E-state index >= 15 is 0 Å². The topological polar surface area (TPSA) is 35.6 Å². The van der Waals surface area contributed by atoms with Crippen molar-refractivity contribution >= 4 is 5.91 Å². The lowest BCUT2D eigenvalue weighted by Gasteiger charge is -2.30. The van der Waals surface area contributed by atoms with Gasteiger partial charge in [0.1, 0.15) is 0 Å². The number of likely N-dealkylation sites (N-methyl/N-ethyl adjacent to an activating group) is 2. The summed E-state index contributed by atoms with van der Waals surface area (Å²) in [5.74, 6) is 0.139. The number of nitrogens with one attached hydrogen (secondary N) is 1. The van der Waals surface area contributed by atoms with Crippen molar-refractivity contribution in [3.63, 3.8) is 0 Å². The monoisotopic (exact) mass is 289 g/mol. The third kappa shape index (κ3) is 3.83. The lowest BCUT2D eigenvalue weighted by Crippen LogP contribution is -2.43. The highest BCUT2D eigenvalue weighted by atomic mass is 16.2. The van der Waals surface area contributed by atoms with Gasteiger partial charge in [-0.1, -0.05) is 6.07 Å². The summed E-state index contributed by atoms with van der Waals surface area (Å²) >= 11 is 0. The molecule has 1 atom stereocenters. The number of fused-ring (bicyclic) bond motifs is 1. The summed E-state index contributed by atoms with van der Waals surface area (Å²) in [5, 5.41) is 3.37. The van der Waals surface area contributed by atoms with E-state index in [0.29, 0.717) is 0 Å². The van der Waals surface area contributed by atoms with Gasteiger partial charge in [-0.3, -0.25) is 4.79 Å². The van der Waals surface area contributed by atoms with Crippen molar-refractivity contribution in [1.29, 1.82) is 0 Å². The van der Waals surface area contributed by atoms with Crippen LogP contribution in [0.2, 0.25) is 0 Å². The second kappa shape index (κ2) is 7.05. The van der Waals surface area contributed by atoms with Gasteiger partial charge in [-0.2, -0.15) is 0 Å². The van der Waals surface area contributed by atoms with Crippen molar-refractivity contribution < 1.29 is 4.79 Å². The Labute approximate surface area is 128 Å². The maximum atomic E-state index is 12.8. The Morgan fingerprint density at radius 1 is 1.33 bits per heavy atom. The molecule has 0 saturated carbocycles. The van der Waals surface area contributed by atoms with Crippen LogP contribution >= 0.6 is 0 Å². The highest BCUT2D eigenvalue weighted by molar-refractivity contribution is 5.94. The quantitative estimate of drug-likeness (QED) is 0.897. The molecule has 1 heterocycles. The lowest BCUT2D eigenvalue weighted by molar-refractivity contribution is 0.0679. The van der Waals surface area contributed by atoms with Gasteiger partial charge in [0, 0.05) is 31.2 Å². The summed E-state index contributed by atoms with van der Waals surface area (Å²) in [6.07, 6.45) is 1.05. The molecule has 0 aliphatic carbocycles. The van der Waals surface area contributed by atoms with Crippen LogP contribution in [0, 0.1) is 0 Å².